The van der Waals surface area contributed by atoms with Crippen molar-refractivity contribution in [3.8, 4) is 0 Å². The molecule has 82 valence electrons. The van der Waals surface area contributed by atoms with Crippen LogP contribution >= 0.6 is 12.6 Å². The van der Waals surface area contributed by atoms with Gasteiger partial charge in [0.15, 0.2) is 0 Å². The number of rotatable bonds is 5. The molecular weight excluding hydrogens is 182 g/mol. The number of aliphatic hydroxyl groups is 1. The van der Waals surface area contributed by atoms with Crippen molar-refractivity contribution in [1.82, 2.24) is 0 Å². The molecule has 0 aromatic rings. The van der Waals surface area contributed by atoms with Crippen LogP contribution in [0.4, 0.5) is 0 Å². The molecule has 0 fully saturated rings. The molecule has 0 aliphatic rings. The Labute approximate surface area is 88.9 Å². The van der Waals surface area contributed by atoms with Gasteiger partial charge in [0.25, 0.3) is 0 Å². The Kier molecular flexibility index (Phi) is 12.5. The summed E-state index contributed by atoms with van der Waals surface area (Å²) in [6.07, 6.45) is 3.92. The molecule has 1 N–H and O–H groups in total. The Morgan fingerprint density at radius 2 is 1.69 bits per heavy atom. The standard InChI is InChI=1S/C5H14NO.C5H12S/c1-6(2,3)4-5-7;1-2-3-4-5-6/h7H,4-5H2,1-3H3;6H,2-5H2,1H3/q+1;. The van der Waals surface area contributed by atoms with Gasteiger partial charge in [0, 0.05) is 0 Å². The summed E-state index contributed by atoms with van der Waals surface area (Å²) in [7, 11) is 6.16. The minimum Gasteiger partial charge on any atom is -0.391 e. The van der Waals surface area contributed by atoms with Crippen molar-refractivity contribution >= 4 is 12.6 Å². The van der Waals surface area contributed by atoms with E-state index in [1.54, 1.807) is 0 Å². The Hall–Kier alpha value is 0.270. The van der Waals surface area contributed by atoms with Crippen molar-refractivity contribution < 1.29 is 9.59 Å². The summed E-state index contributed by atoms with van der Waals surface area (Å²) in [4.78, 5) is 0. The lowest BCUT2D eigenvalue weighted by molar-refractivity contribution is -0.870. The molecule has 0 rings (SSSR count). The molecule has 0 radical (unpaired) electrons. The van der Waals surface area contributed by atoms with Crippen LogP contribution in [0.5, 0.6) is 0 Å². The van der Waals surface area contributed by atoms with E-state index in [0.29, 0.717) is 0 Å². The van der Waals surface area contributed by atoms with Gasteiger partial charge in [-0.15, -0.1) is 0 Å². The monoisotopic (exact) mass is 208 g/mol. The van der Waals surface area contributed by atoms with Gasteiger partial charge in [0.1, 0.15) is 6.54 Å². The molecule has 0 aliphatic heterocycles. The first-order valence-electron chi connectivity index (χ1n) is 5.00. The Balaban J connectivity index is 0. The van der Waals surface area contributed by atoms with Gasteiger partial charge in [-0.1, -0.05) is 19.8 Å². The molecule has 0 saturated carbocycles. The van der Waals surface area contributed by atoms with Gasteiger partial charge in [0.2, 0.25) is 0 Å². The summed E-state index contributed by atoms with van der Waals surface area (Å²) in [5.74, 6) is 1.05. The molecule has 13 heavy (non-hydrogen) atoms. The SMILES string of the molecule is CCCCCS.C[N+](C)(C)CCO. The van der Waals surface area contributed by atoms with Crippen molar-refractivity contribution in [1.29, 1.82) is 0 Å². The van der Waals surface area contributed by atoms with Crippen molar-refractivity contribution in [2.75, 3.05) is 40.0 Å². The van der Waals surface area contributed by atoms with Crippen LogP contribution in [0, 0.1) is 0 Å². The number of quaternary nitrogens is 1. The number of aliphatic hydroxyl groups excluding tert-OH is 1. The second kappa shape index (κ2) is 10.4. The Morgan fingerprint density at radius 3 is 1.77 bits per heavy atom. The largest absolute Gasteiger partial charge is 0.391 e. The van der Waals surface area contributed by atoms with Gasteiger partial charge in [-0.25, -0.2) is 0 Å². The predicted molar refractivity (Wildman–Crippen MR) is 63.4 cm³/mol. The lowest BCUT2D eigenvalue weighted by Crippen LogP contribution is -2.36. The normalized spacial score (nSPS) is 10.6. The highest BCUT2D eigenvalue weighted by Crippen LogP contribution is 1.93. The number of unbranched alkanes of at least 4 members (excludes halogenated alkanes) is 2. The molecule has 0 atom stereocenters. The number of nitrogens with zero attached hydrogens (tertiary/aromatic N) is 1. The summed E-state index contributed by atoms with van der Waals surface area (Å²) >= 11 is 4.05. The van der Waals surface area contributed by atoms with E-state index >= 15 is 0 Å². The van der Waals surface area contributed by atoms with Crippen molar-refractivity contribution in [2.24, 2.45) is 0 Å². The van der Waals surface area contributed by atoms with Crippen LogP contribution < -0.4 is 0 Å². The maximum atomic E-state index is 8.39. The summed E-state index contributed by atoms with van der Waals surface area (Å²) < 4.78 is 0.844. The molecular formula is C10H26NOS+. The van der Waals surface area contributed by atoms with Gasteiger partial charge in [-0.2, -0.15) is 12.6 Å². The van der Waals surface area contributed by atoms with Gasteiger partial charge in [-0.3, -0.25) is 0 Å². The first kappa shape index (κ1) is 15.7. The van der Waals surface area contributed by atoms with E-state index in [2.05, 4.69) is 40.7 Å². The number of thiol groups is 1. The van der Waals surface area contributed by atoms with Crippen molar-refractivity contribution in [3.05, 3.63) is 0 Å². The van der Waals surface area contributed by atoms with Gasteiger partial charge < -0.3 is 9.59 Å². The molecule has 0 spiro atoms. The minimum atomic E-state index is 0.281. The van der Waals surface area contributed by atoms with Gasteiger partial charge >= 0.3 is 0 Å². The van der Waals surface area contributed by atoms with Crippen LogP contribution in [0.15, 0.2) is 0 Å². The molecule has 0 aromatic heterocycles. The summed E-state index contributed by atoms with van der Waals surface area (Å²) in [5.41, 5.74) is 0. The molecule has 0 unspecified atom stereocenters. The van der Waals surface area contributed by atoms with E-state index in [-0.39, 0.29) is 6.61 Å². The maximum Gasteiger partial charge on any atom is 0.101 e. The summed E-state index contributed by atoms with van der Waals surface area (Å²) in [6, 6.07) is 0. The fraction of sp³-hybridized carbons (Fsp3) is 1.00. The zero-order valence-corrected chi connectivity index (χ0v) is 10.5. The predicted octanol–water partition coefficient (Wildman–Crippen LogP) is 1.79. The molecule has 3 heteroatoms. The van der Waals surface area contributed by atoms with E-state index in [9.17, 15) is 0 Å². The van der Waals surface area contributed by atoms with Crippen molar-refractivity contribution in [3.63, 3.8) is 0 Å². The van der Waals surface area contributed by atoms with Gasteiger partial charge in [-0.05, 0) is 12.2 Å². The first-order valence-corrected chi connectivity index (χ1v) is 5.63. The molecule has 0 heterocycles. The van der Waals surface area contributed by atoms with E-state index in [1.165, 1.54) is 19.3 Å². The highest BCUT2D eigenvalue weighted by Gasteiger charge is 2.02. The smallest absolute Gasteiger partial charge is 0.101 e. The second-order valence-electron chi connectivity index (χ2n) is 4.17. The number of likely N-dealkylation sites (N-methyl/N-ethyl adjacent to an activating group) is 1. The average Bonchev–Trinajstić information content (AvgIpc) is 1.99. The van der Waals surface area contributed by atoms with Crippen LogP contribution in [0.25, 0.3) is 0 Å². The summed E-state index contributed by atoms with van der Waals surface area (Å²) in [6.45, 7) is 3.31. The lowest BCUT2D eigenvalue weighted by Gasteiger charge is -2.21. The Morgan fingerprint density at radius 1 is 1.15 bits per heavy atom. The maximum absolute atomic E-state index is 8.39. The van der Waals surface area contributed by atoms with Crippen molar-refractivity contribution in [2.45, 2.75) is 26.2 Å². The van der Waals surface area contributed by atoms with Gasteiger partial charge in [0.05, 0.1) is 27.7 Å². The van der Waals surface area contributed by atoms with E-state index in [0.717, 1.165) is 16.8 Å². The molecule has 0 amide bonds. The number of hydrogen-bond donors (Lipinski definition) is 2. The highest BCUT2D eigenvalue weighted by atomic mass is 32.1. The van der Waals surface area contributed by atoms with E-state index in [4.69, 9.17) is 5.11 Å². The van der Waals surface area contributed by atoms with Crippen LogP contribution in [0.2, 0.25) is 0 Å². The molecule has 2 nitrogen and oxygen atoms in total. The Bertz CT molecular complexity index is 87.4. The topological polar surface area (TPSA) is 20.2 Å². The third kappa shape index (κ3) is 24.5. The second-order valence-corrected chi connectivity index (χ2v) is 4.62. The lowest BCUT2D eigenvalue weighted by atomic mass is 10.3. The van der Waals surface area contributed by atoms with E-state index in [1.807, 2.05) is 0 Å². The van der Waals surface area contributed by atoms with E-state index < -0.39 is 0 Å². The molecule has 0 aliphatic carbocycles. The third-order valence-corrected chi connectivity index (χ3v) is 1.85. The first-order chi connectivity index (χ1) is 5.97. The molecule has 0 bridgehead atoms. The van der Waals surface area contributed by atoms with Crippen LogP contribution in [0.1, 0.15) is 26.2 Å². The molecule has 0 aromatic carbocycles. The quantitative estimate of drug-likeness (QED) is 0.401. The average molecular weight is 208 g/mol. The summed E-state index contributed by atoms with van der Waals surface area (Å²) in [5, 5.41) is 8.39. The zero-order chi connectivity index (χ0) is 10.7. The van der Waals surface area contributed by atoms with Crippen LogP contribution in [-0.2, 0) is 0 Å². The fourth-order valence-corrected chi connectivity index (χ4v) is 0.885. The highest BCUT2D eigenvalue weighted by molar-refractivity contribution is 7.80. The van der Waals surface area contributed by atoms with Crippen LogP contribution in [0.3, 0.4) is 0 Å². The molecule has 0 saturated heterocycles. The third-order valence-electron chi connectivity index (χ3n) is 1.53. The zero-order valence-electron chi connectivity index (χ0n) is 9.58. The fourth-order valence-electron chi connectivity index (χ4n) is 0.662. The van der Waals surface area contributed by atoms with Crippen LogP contribution in [-0.4, -0.2) is 49.6 Å². The number of hydrogen-bond acceptors (Lipinski definition) is 2. The minimum absolute atomic E-state index is 0.281.